The molecule has 14 heavy (non-hydrogen) atoms. The first kappa shape index (κ1) is 11.1. The van der Waals surface area contributed by atoms with Crippen molar-refractivity contribution in [3.05, 3.63) is 34.9 Å². The molecular formula is C11H13ClNO. The lowest BCUT2D eigenvalue weighted by molar-refractivity contribution is 0.0712. The highest BCUT2D eigenvalue weighted by atomic mass is 35.5. The summed E-state index contributed by atoms with van der Waals surface area (Å²) in [5, 5.41) is 4.42. The highest BCUT2D eigenvalue weighted by molar-refractivity contribution is 6.30. The minimum Gasteiger partial charge on any atom is -0.392 e. The summed E-state index contributed by atoms with van der Waals surface area (Å²) in [5.74, 6) is 0. The zero-order valence-corrected chi connectivity index (χ0v) is 9.08. The molecule has 0 N–H and O–H groups in total. The van der Waals surface area contributed by atoms with Crippen LogP contribution in [0.15, 0.2) is 29.4 Å². The minimum atomic E-state index is 0.127. The van der Waals surface area contributed by atoms with Crippen LogP contribution < -0.4 is 0 Å². The van der Waals surface area contributed by atoms with Gasteiger partial charge in [-0.1, -0.05) is 35.8 Å². The molecule has 0 aromatic heterocycles. The molecule has 0 spiro atoms. The maximum atomic E-state index is 5.79. The van der Waals surface area contributed by atoms with Gasteiger partial charge in [0.15, 0.2) is 0 Å². The molecule has 0 saturated carbocycles. The van der Waals surface area contributed by atoms with Gasteiger partial charge in [0.05, 0.1) is 0 Å². The van der Waals surface area contributed by atoms with Gasteiger partial charge in [0.2, 0.25) is 0 Å². The second kappa shape index (κ2) is 5.66. The topological polar surface area (TPSA) is 21.6 Å². The first-order chi connectivity index (χ1) is 6.72. The van der Waals surface area contributed by atoms with Gasteiger partial charge in [-0.2, -0.15) is 0 Å². The van der Waals surface area contributed by atoms with Gasteiger partial charge in [-0.3, -0.25) is 0 Å². The van der Waals surface area contributed by atoms with E-state index >= 15 is 0 Å². The average Bonchev–Trinajstić information content (AvgIpc) is 2.17. The standard InChI is InChI=1S/C11H13ClNO/c1-3-9(2)14-13-8-10-5-4-6-11(12)7-10/h4-7,9H,3H2,1-2H3. The lowest BCUT2D eigenvalue weighted by Crippen LogP contribution is -2.01. The van der Waals surface area contributed by atoms with Gasteiger partial charge in [0.25, 0.3) is 0 Å². The fourth-order valence-electron chi connectivity index (χ4n) is 0.802. The van der Waals surface area contributed by atoms with Crippen LogP contribution in [0.1, 0.15) is 25.8 Å². The Labute approximate surface area is 89.5 Å². The molecule has 1 aromatic carbocycles. The van der Waals surface area contributed by atoms with Crippen LogP contribution in [0, 0.1) is 0 Å². The van der Waals surface area contributed by atoms with Gasteiger partial charge in [-0.15, -0.1) is 0 Å². The third-order valence-electron chi connectivity index (χ3n) is 1.81. The van der Waals surface area contributed by atoms with Gasteiger partial charge < -0.3 is 4.84 Å². The first-order valence-electron chi connectivity index (χ1n) is 4.59. The summed E-state index contributed by atoms with van der Waals surface area (Å²) in [6, 6.07) is 7.31. The van der Waals surface area contributed by atoms with Gasteiger partial charge in [0, 0.05) is 10.6 Å². The Hall–Kier alpha value is -1.02. The average molecular weight is 211 g/mol. The maximum absolute atomic E-state index is 5.79. The summed E-state index contributed by atoms with van der Waals surface area (Å²) in [4.78, 5) is 5.11. The van der Waals surface area contributed by atoms with Crippen LogP contribution in [-0.2, 0) is 4.84 Å². The van der Waals surface area contributed by atoms with E-state index in [-0.39, 0.29) is 6.10 Å². The number of rotatable bonds is 4. The fourth-order valence-corrected chi connectivity index (χ4v) is 0.992. The molecule has 0 saturated heterocycles. The zero-order chi connectivity index (χ0) is 10.4. The minimum absolute atomic E-state index is 0.127. The van der Waals surface area contributed by atoms with Gasteiger partial charge >= 0.3 is 0 Å². The maximum Gasteiger partial charge on any atom is 0.139 e. The van der Waals surface area contributed by atoms with E-state index in [1.54, 1.807) is 6.07 Å². The first-order valence-corrected chi connectivity index (χ1v) is 4.97. The lowest BCUT2D eigenvalue weighted by Gasteiger charge is -2.03. The molecule has 0 fully saturated rings. The van der Waals surface area contributed by atoms with E-state index in [9.17, 15) is 0 Å². The quantitative estimate of drug-likeness (QED) is 0.552. The second-order valence-corrected chi connectivity index (χ2v) is 3.47. The number of halogens is 1. The molecule has 0 aliphatic carbocycles. The Balaban J connectivity index is 2.51. The van der Waals surface area contributed by atoms with E-state index in [1.807, 2.05) is 32.0 Å². The van der Waals surface area contributed by atoms with Crippen molar-refractivity contribution < 1.29 is 4.84 Å². The smallest absolute Gasteiger partial charge is 0.139 e. The molecule has 1 unspecified atom stereocenters. The fraction of sp³-hybridized carbons (Fsp3) is 0.364. The third-order valence-corrected chi connectivity index (χ3v) is 2.04. The molecule has 1 rings (SSSR count). The summed E-state index contributed by atoms with van der Waals surface area (Å²) in [7, 11) is 0. The van der Waals surface area contributed by atoms with Crippen LogP contribution in [0.25, 0.3) is 0 Å². The van der Waals surface area contributed by atoms with Crippen molar-refractivity contribution in [1.82, 2.24) is 0 Å². The Bertz CT molecular complexity index is 312. The van der Waals surface area contributed by atoms with Crippen molar-refractivity contribution in [2.24, 2.45) is 5.16 Å². The van der Waals surface area contributed by atoms with Crippen LogP contribution >= 0.6 is 11.6 Å². The number of hydrogen-bond donors (Lipinski definition) is 0. The SMILES string of the molecule is CCC(C)O/N=[C]/c1cccc(Cl)c1. The Kier molecular flexibility index (Phi) is 4.47. The van der Waals surface area contributed by atoms with Gasteiger partial charge in [0.1, 0.15) is 12.3 Å². The van der Waals surface area contributed by atoms with Crippen LogP contribution in [-0.4, -0.2) is 12.3 Å². The van der Waals surface area contributed by atoms with E-state index in [0.717, 1.165) is 12.0 Å². The van der Waals surface area contributed by atoms with Crippen molar-refractivity contribution in [1.29, 1.82) is 0 Å². The molecule has 0 aliphatic rings. The summed E-state index contributed by atoms with van der Waals surface area (Å²) < 4.78 is 0. The van der Waals surface area contributed by atoms with Crippen LogP contribution in [0.5, 0.6) is 0 Å². The molecule has 75 valence electrons. The van der Waals surface area contributed by atoms with Crippen LogP contribution in [0.3, 0.4) is 0 Å². The molecule has 3 heteroatoms. The van der Waals surface area contributed by atoms with Crippen molar-refractivity contribution in [3.8, 4) is 0 Å². The Morgan fingerprint density at radius 2 is 2.36 bits per heavy atom. The molecule has 0 heterocycles. The Morgan fingerprint density at radius 1 is 1.57 bits per heavy atom. The lowest BCUT2D eigenvalue weighted by atomic mass is 10.2. The van der Waals surface area contributed by atoms with E-state index < -0.39 is 0 Å². The number of hydrogen-bond acceptors (Lipinski definition) is 2. The third kappa shape index (κ3) is 3.79. The van der Waals surface area contributed by atoms with Crippen molar-refractivity contribution in [3.63, 3.8) is 0 Å². The monoisotopic (exact) mass is 210 g/mol. The normalized spacial score (nSPS) is 13.1. The molecule has 1 radical (unpaired) electrons. The molecule has 1 aromatic rings. The highest BCUT2D eigenvalue weighted by Crippen LogP contribution is 2.09. The van der Waals surface area contributed by atoms with Crippen LogP contribution in [0.2, 0.25) is 5.02 Å². The zero-order valence-electron chi connectivity index (χ0n) is 8.33. The molecular weight excluding hydrogens is 198 g/mol. The van der Waals surface area contributed by atoms with Gasteiger partial charge in [-0.25, -0.2) is 0 Å². The predicted octanol–water partition coefficient (Wildman–Crippen LogP) is 3.37. The molecule has 0 bridgehead atoms. The van der Waals surface area contributed by atoms with Gasteiger partial charge in [-0.05, 0) is 25.5 Å². The largest absolute Gasteiger partial charge is 0.392 e. The summed E-state index contributed by atoms with van der Waals surface area (Å²) in [5.41, 5.74) is 0.820. The summed E-state index contributed by atoms with van der Waals surface area (Å²) in [6.07, 6.45) is 3.83. The molecule has 0 aliphatic heterocycles. The molecule has 2 nitrogen and oxygen atoms in total. The predicted molar refractivity (Wildman–Crippen MR) is 58.8 cm³/mol. The van der Waals surface area contributed by atoms with E-state index in [2.05, 4.69) is 11.4 Å². The van der Waals surface area contributed by atoms with Crippen LogP contribution in [0.4, 0.5) is 0 Å². The number of nitrogens with zero attached hydrogens (tertiary/aromatic N) is 1. The summed E-state index contributed by atoms with van der Waals surface area (Å²) in [6.45, 7) is 4.00. The highest BCUT2D eigenvalue weighted by Gasteiger charge is 1.95. The Morgan fingerprint density at radius 3 is 3.00 bits per heavy atom. The molecule has 1 atom stereocenters. The second-order valence-electron chi connectivity index (χ2n) is 3.04. The van der Waals surface area contributed by atoms with Crippen molar-refractivity contribution in [2.45, 2.75) is 26.4 Å². The number of benzene rings is 1. The van der Waals surface area contributed by atoms with Crippen molar-refractivity contribution >= 4 is 17.8 Å². The van der Waals surface area contributed by atoms with E-state index in [4.69, 9.17) is 16.4 Å². The molecule has 0 amide bonds. The summed E-state index contributed by atoms with van der Waals surface area (Å²) >= 11 is 5.79. The van der Waals surface area contributed by atoms with E-state index in [0.29, 0.717) is 5.02 Å². The van der Waals surface area contributed by atoms with Crippen molar-refractivity contribution in [2.75, 3.05) is 0 Å². The van der Waals surface area contributed by atoms with E-state index in [1.165, 1.54) is 0 Å².